The highest BCUT2D eigenvalue weighted by atomic mass is 35.5. The van der Waals surface area contributed by atoms with Crippen LogP contribution in [0.4, 0.5) is 15.9 Å². The molecule has 0 aliphatic carbocycles. The summed E-state index contributed by atoms with van der Waals surface area (Å²) in [6.07, 6.45) is 4.35. The summed E-state index contributed by atoms with van der Waals surface area (Å²) in [4.78, 5) is 10.3. The average Bonchev–Trinajstić information content (AvgIpc) is 2.77. The second kappa shape index (κ2) is 9.09. The number of pyridine rings is 2. The second-order valence-corrected chi connectivity index (χ2v) is 9.66. The Morgan fingerprint density at radius 2 is 1.91 bits per heavy atom. The Labute approximate surface area is 206 Å². The number of anilines is 2. The Hall–Kier alpha value is -3.41. The van der Waals surface area contributed by atoms with Crippen LogP contribution in [-0.4, -0.2) is 28.8 Å². The third-order valence-corrected chi connectivity index (χ3v) is 6.16. The number of nitrogens with two attached hydrogens (primary N) is 1. The van der Waals surface area contributed by atoms with Crippen LogP contribution in [-0.2, 0) is 6.61 Å². The number of nitriles is 1. The van der Waals surface area contributed by atoms with Crippen LogP contribution < -0.4 is 15.4 Å². The molecule has 1 saturated heterocycles. The molecule has 1 aliphatic heterocycles. The maximum atomic E-state index is 14.6. The maximum absolute atomic E-state index is 14.6. The molecule has 7 nitrogen and oxygen atoms in total. The molecule has 3 heterocycles. The fraction of sp³-hybridized carbons (Fsp3) is 0.250. The number of hydrogen-bond acceptors (Lipinski definition) is 7. The molecule has 0 spiro atoms. The highest BCUT2D eigenvalue weighted by molar-refractivity contribution is 6.35. The van der Waals surface area contributed by atoms with E-state index in [1.807, 2.05) is 4.90 Å². The van der Waals surface area contributed by atoms with Gasteiger partial charge in [0.1, 0.15) is 18.5 Å². The van der Waals surface area contributed by atoms with Gasteiger partial charge >= 0.3 is 0 Å². The molecular weight excluding hydrogens is 478 g/mol. The van der Waals surface area contributed by atoms with E-state index in [4.69, 9.17) is 39.1 Å². The highest BCUT2D eigenvalue weighted by Crippen LogP contribution is 2.35. The molecule has 0 bridgehead atoms. The zero-order chi connectivity index (χ0) is 24.6. The maximum Gasteiger partial charge on any atom is 0.167 e. The molecule has 2 aromatic heterocycles. The molecular formula is C24H21Cl2FN6O. The largest absolute Gasteiger partial charge is 0.486 e. The summed E-state index contributed by atoms with van der Waals surface area (Å²) >= 11 is 12.2. The van der Waals surface area contributed by atoms with E-state index in [-0.39, 0.29) is 44.8 Å². The van der Waals surface area contributed by atoms with Crippen molar-refractivity contribution in [3.8, 4) is 11.8 Å². The van der Waals surface area contributed by atoms with Crippen LogP contribution in [0.25, 0.3) is 0 Å². The van der Waals surface area contributed by atoms with E-state index in [1.54, 1.807) is 6.07 Å². The minimum absolute atomic E-state index is 0.0122. The van der Waals surface area contributed by atoms with Crippen LogP contribution in [0.5, 0.6) is 5.75 Å². The van der Waals surface area contributed by atoms with Crippen molar-refractivity contribution in [3.05, 3.63) is 74.9 Å². The Balaban J connectivity index is 1.60. The first-order valence-corrected chi connectivity index (χ1v) is 11.1. The number of nitrogens with one attached hydrogen (secondary N) is 1. The lowest BCUT2D eigenvalue weighted by atomic mass is 9.84. The lowest BCUT2D eigenvalue weighted by molar-refractivity contribution is 0.274. The molecule has 0 radical (unpaired) electrons. The molecule has 174 valence electrons. The van der Waals surface area contributed by atoms with Gasteiger partial charge in [-0.05, 0) is 17.5 Å². The van der Waals surface area contributed by atoms with Crippen LogP contribution in [0.1, 0.15) is 36.1 Å². The van der Waals surface area contributed by atoms with Crippen molar-refractivity contribution in [1.29, 1.82) is 10.7 Å². The quantitative estimate of drug-likeness (QED) is 0.356. The van der Waals surface area contributed by atoms with Gasteiger partial charge in [0.25, 0.3) is 0 Å². The highest BCUT2D eigenvalue weighted by Gasteiger charge is 2.36. The summed E-state index contributed by atoms with van der Waals surface area (Å²) in [6, 6.07) is 6.18. The van der Waals surface area contributed by atoms with Crippen LogP contribution in [0, 0.1) is 28.0 Å². The molecule has 3 aromatic rings. The van der Waals surface area contributed by atoms with Crippen molar-refractivity contribution in [3.63, 3.8) is 0 Å². The van der Waals surface area contributed by atoms with Crippen molar-refractivity contribution in [1.82, 2.24) is 9.97 Å². The molecule has 0 saturated carbocycles. The predicted octanol–water partition coefficient (Wildman–Crippen LogP) is 5.22. The van der Waals surface area contributed by atoms with Gasteiger partial charge in [-0.25, -0.2) is 9.37 Å². The summed E-state index contributed by atoms with van der Waals surface area (Å²) in [7, 11) is 0. The summed E-state index contributed by atoms with van der Waals surface area (Å²) in [6.45, 7) is 5.78. The van der Waals surface area contributed by atoms with Crippen molar-refractivity contribution in [2.45, 2.75) is 20.5 Å². The average molecular weight is 499 g/mol. The number of benzene rings is 1. The number of rotatable bonds is 6. The molecule has 3 N–H and O–H groups in total. The Kier molecular flexibility index (Phi) is 6.34. The molecule has 10 heteroatoms. The number of aromatic nitrogens is 2. The standard InChI is InChI=1S/C24H21Cl2FN6O/c1-24(2)11-33(12-24)23-13(6-28)3-14(7-32-23)22(30)15-4-21(19(27)5-20(15)29)34-10-16-17(25)8-31-9-18(16)26/h3-5,7-9,30H,10-12,29H2,1-2H3. The third kappa shape index (κ3) is 4.63. The van der Waals surface area contributed by atoms with E-state index in [0.717, 1.165) is 19.2 Å². The minimum atomic E-state index is -0.693. The summed E-state index contributed by atoms with van der Waals surface area (Å²) in [5.41, 5.74) is 7.67. The minimum Gasteiger partial charge on any atom is -0.486 e. The first kappa shape index (κ1) is 23.7. The van der Waals surface area contributed by atoms with Gasteiger partial charge < -0.3 is 15.4 Å². The topological polar surface area (TPSA) is 112 Å². The Morgan fingerprint density at radius 3 is 2.53 bits per heavy atom. The molecule has 1 fully saturated rings. The number of ether oxygens (including phenoxy) is 1. The molecule has 0 amide bonds. The van der Waals surface area contributed by atoms with E-state index >= 15 is 0 Å². The van der Waals surface area contributed by atoms with Gasteiger partial charge in [0, 0.05) is 60.1 Å². The number of nitrogens with zero attached hydrogens (tertiary/aromatic N) is 4. The molecule has 1 aliphatic rings. The monoisotopic (exact) mass is 498 g/mol. The van der Waals surface area contributed by atoms with Gasteiger partial charge in [-0.2, -0.15) is 5.26 Å². The first-order valence-electron chi connectivity index (χ1n) is 10.3. The van der Waals surface area contributed by atoms with Gasteiger partial charge in [0.05, 0.1) is 21.3 Å². The third-order valence-electron chi connectivity index (χ3n) is 5.51. The van der Waals surface area contributed by atoms with E-state index in [2.05, 4.69) is 29.9 Å². The number of hydrogen-bond donors (Lipinski definition) is 2. The van der Waals surface area contributed by atoms with Crippen molar-refractivity contribution in [2.75, 3.05) is 23.7 Å². The normalized spacial score (nSPS) is 14.3. The van der Waals surface area contributed by atoms with Crippen LogP contribution in [0.2, 0.25) is 10.0 Å². The summed E-state index contributed by atoms with van der Waals surface area (Å²) in [5, 5.41) is 18.9. The fourth-order valence-corrected chi connectivity index (χ4v) is 4.32. The van der Waals surface area contributed by atoms with Gasteiger partial charge in [-0.15, -0.1) is 0 Å². The first-order chi connectivity index (χ1) is 16.1. The van der Waals surface area contributed by atoms with Gasteiger partial charge in [-0.1, -0.05) is 37.0 Å². The Bertz CT molecular complexity index is 1310. The molecule has 1 aromatic carbocycles. The van der Waals surface area contributed by atoms with Crippen molar-refractivity contribution < 1.29 is 9.13 Å². The SMILES string of the molecule is CC1(C)CN(c2ncc(C(=N)c3cc(OCc4c(Cl)cncc4Cl)c(F)cc3N)cc2C#N)C1. The lowest BCUT2D eigenvalue weighted by Gasteiger charge is -2.46. The summed E-state index contributed by atoms with van der Waals surface area (Å²) in [5.74, 6) is -0.228. The molecule has 0 atom stereocenters. The summed E-state index contributed by atoms with van der Waals surface area (Å²) < 4.78 is 20.2. The van der Waals surface area contributed by atoms with Crippen LogP contribution in [0.15, 0.2) is 36.8 Å². The van der Waals surface area contributed by atoms with Crippen molar-refractivity contribution in [2.24, 2.45) is 5.41 Å². The zero-order valence-electron chi connectivity index (χ0n) is 18.5. The zero-order valence-corrected chi connectivity index (χ0v) is 20.0. The van der Waals surface area contributed by atoms with Crippen molar-refractivity contribution >= 4 is 40.4 Å². The number of halogens is 3. The van der Waals surface area contributed by atoms with E-state index in [9.17, 15) is 9.65 Å². The fourth-order valence-electron chi connectivity index (χ4n) is 3.84. The number of nitrogen functional groups attached to an aromatic ring is 1. The molecule has 4 rings (SSSR count). The van der Waals surface area contributed by atoms with E-state index < -0.39 is 5.82 Å². The molecule has 0 unspecified atom stereocenters. The Morgan fingerprint density at radius 1 is 1.24 bits per heavy atom. The smallest absolute Gasteiger partial charge is 0.167 e. The van der Waals surface area contributed by atoms with Gasteiger partial charge in [-0.3, -0.25) is 10.4 Å². The van der Waals surface area contributed by atoms with Gasteiger partial charge in [0.15, 0.2) is 11.6 Å². The van der Waals surface area contributed by atoms with Gasteiger partial charge in [0.2, 0.25) is 0 Å². The predicted molar refractivity (Wildman–Crippen MR) is 130 cm³/mol. The second-order valence-electron chi connectivity index (χ2n) is 8.84. The van der Waals surface area contributed by atoms with E-state index in [0.29, 0.717) is 22.5 Å². The van der Waals surface area contributed by atoms with Crippen LogP contribution in [0.3, 0.4) is 0 Å². The van der Waals surface area contributed by atoms with E-state index in [1.165, 1.54) is 24.7 Å². The molecule has 34 heavy (non-hydrogen) atoms. The van der Waals surface area contributed by atoms with Crippen LogP contribution >= 0.6 is 23.2 Å². The lowest BCUT2D eigenvalue weighted by Crippen LogP contribution is -2.53.